The van der Waals surface area contributed by atoms with E-state index in [0.29, 0.717) is 25.7 Å². The molecule has 2 heterocycles. The number of aromatic nitrogens is 3. The normalized spacial score (nSPS) is 11.9. The zero-order valence-electron chi connectivity index (χ0n) is 11.6. The molecule has 0 bridgehead atoms. The van der Waals surface area contributed by atoms with Crippen molar-refractivity contribution < 1.29 is 4.74 Å². The molecule has 7 nitrogen and oxygen atoms in total. The van der Waals surface area contributed by atoms with Crippen molar-refractivity contribution >= 4 is 11.6 Å². The molecule has 0 amide bonds. The molecule has 0 saturated carbocycles. The summed E-state index contributed by atoms with van der Waals surface area (Å²) in [5, 5.41) is 11.3. The highest BCUT2D eigenvalue weighted by molar-refractivity contribution is 5.77. The number of fused-ring (bicyclic) bond motifs is 1. The number of methoxy groups -OCH3 is 1. The number of aliphatic imine (C=N–C) groups is 1. The summed E-state index contributed by atoms with van der Waals surface area (Å²) < 4.78 is 6.91. The minimum Gasteiger partial charge on any atom is -0.383 e. The predicted octanol–water partition coefficient (Wildman–Crippen LogP) is 0.213. The number of hydrogen-bond donors (Lipinski definition) is 2. The van der Waals surface area contributed by atoms with E-state index in [1.165, 1.54) is 0 Å². The maximum atomic E-state index is 5.71. The molecule has 0 aromatic carbocycles. The van der Waals surface area contributed by atoms with E-state index in [1.807, 2.05) is 28.8 Å². The molecular weight excluding hydrogens is 256 g/mol. The first kappa shape index (κ1) is 14.3. The van der Waals surface area contributed by atoms with Crippen LogP contribution in [0, 0.1) is 0 Å². The second-order valence-corrected chi connectivity index (χ2v) is 4.34. The summed E-state index contributed by atoms with van der Waals surface area (Å²) in [5.41, 5.74) is 6.58. The molecule has 2 aromatic heterocycles. The molecule has 0 aliphatic heterocycles. The van der Waals surface area contributed by atoms with Crippen LogP contribution in [-0.2, 0) is 11.2 Å². The third-order valence-corrected chi connectivity index (χ3v) is 2.84. The van der Waals surface area contributed by atoms with Gasteiger partial charge in [-0.3, -0.25) is 9.39 Å². The van der Waals surface area contributed by atoms with Gasteiger partial charge in [-0.15, -0.1) is 10.2 Å². The van der Waals surface area contributed by atoms with Gasteiger partial charge in [0.1, 0.15) is 5.82 Å². The molecule has 108 valence electrons. The number of ether oxygens (including phenoxy) is 1. The highest BCUT2D eigenvalue weighted by Gasteiger charge is 2.03. The molecule has 0 unspecified atom stereocenters. The Morgan fingerprint density at radius 1 is 1.45 bits per heavy atom. The zero-order chi connectivity index (χ0) is 14.2. The predicted molar refractivity (Wildman–Crippen MR) is 77.7 cm³/mol. The molecule has 20 heavy (non-hydrogen) atoms. The largest absolute Gasteiger partial charge is 0.383 e. The lowest BCUT2D eigenvalue weighted by atomic mass is 10.3. The van der Waals surface area contributed by atoms with Gasteiger partial charge in [-0.25, -0.2) is 0 Å². The van der Waals surface area contributed by atoms with Gasteiger partial charge in [0, 0.05) is 32.8 Å². The van der Waals surface area contributed by atoms with Crippen molar-refractivity contribution in [2.24, 2.45) is 10.7 Å². The van der Waals surface area contributed by atoms with Gasteiger partial charge in [0.05, 0.1) is 6.61 Å². The number of nitrogens with one attached hydrogen (secondary N) is 1. The highest BCUT2D eigenvalue weighted by Crippen LogP contribution is 2.04. The number of pyridine rings is 1. The van der Waals surface area contributed by atoms with Gasteiger partial charge in [-0.2, -0.15) is 0 Å². The Morgan fingerprint density at radius 2 is 2.35 bits per heavy atom. The van der Waals surface area contributed by atoms with Gasteiger partial charge >= 0.3 is 0 Å². The number of hydrogen-bond acceptors (Lipinski definition) is 4. The molecule has 7 heteroatoms. The van der Waals surface area contributed by atoms with Crippen LogP contribution < -0.4 is 11.1 Å². The van der Waals surface area contributed by atoms with Gasteiger partial charge in [0.15, 0.2) is 11.6 Å². The van der Waals surface area contributed by atoms with Crippen LogP contribution in [0.4, 0.5) is 0 Å². The topological polar surface area (TPSA) is 89.8 Å². The number of guanidine groups is 1. The van der Waals surface area contributed by atoms with Crippen LogP contribution in [0.15, 0.2) is 29.4 Å². The molecule has 2 aromatic rings. The SMILES string of the molecule is COCCNC(N)=NCCCc1nnc2ccccn12. The van der Waals surface area contributed by atoms with Crippen molar-refractivity contribution in [3.05, 3.63) is 30.2 Å². The van der Waals surface area contributed by atoms with Crippen LogP contribution in [-0.4, -0.2) is 47.4 Å². The monoisotopic (exact) mass is 276 g/mol. The van der Waals surface area contributed by atoms with Crippen molar-refractivity contribution in [2.45, 2.75) is 12.8 Å². The lowest BCUT2D eigenvalue weighted by Gasteiger charge is -2.04. The van der Waals surface area contributed by atoms with Crippen molar-refractivity contribution in [2.75, 3.05) is 26.8 Å². The van der Waals surface area contributed by atoms with Gasteiger partial charge < -0.3 is 15.8 Å². The summed E-state index contributed by atoms with van der Waals surface area (Å²) >= 11 is 0. The van der Waals surface area contributed by atoms with Gasteiger partial charge in [0.25, 0.3) is 0 Å². The van der Waals surface area contributed by atoms with Gasteiger partial charge in [-0.1, -0.05) is 6.07 Å². The number of nitrogens with zero attached hydrogens (tertiary/aromatic N) is 4. The van der Waals surface area contributed by atoms with Crippen molar-refractivity contribution in [1.29, 1.82) is 0 Å². The quantitative estimate of drug-likeness (QED) is 0.429. The van der Waals surface area contributed by atoms with E-state index in [1.54, 1.807) is 7.11 Å². The first-order valence-corrected chi connectivity index (χ1v) is 6.62. The Labute approximate surface area is 117 Å². The van der Waals surface area contributed by atoms with E-state index in [4.69, 9.17) is 10.5 Å². The average Bonchev–Trinajstić information content (AvgIpc) is 2.87. The summed E-state index contributed by atoms with van der Waals surface area (Å²) in [7, 11) is 1.65. The second kappa shape index (κ2) is 7.44. The van der Waals surface area contributed by atoms with E-state index in [9.17, 15) is 0 Å². The van der Waals surface area contributed by atoms with E-state index < -0.39 is 0 Å². The van der Waals surface area contributed by atoms with Crippen molar-refractivity contribution in [3.8, 4) is 0 Å². The fraction of sp³-hybridized carbons (Fsp3) is 0.462. The molecule has 0 saturated heterocycles. The lowest BCUT2D eigenvalue weighted by Crippen LogP contribution is -2.34. The Kier molecular flexibility index (Phi) is 5.31. The standard InChI is InChI=1S/C13H20N6O/c1-20-10-8-16-13(14)15-7-4-6-12-18-17-11-5-2-3-9-19(11)12/h2-3,5,9H,4,6-8,10H2,1H3,(H3,14,15,16). The van der Waals surface area contributed by atoms with E-state index >= 15 is 0 Å². The zero-order valence-corrected chi connectivity index (χ0v) is 11.6. The lowest BCUT2D eigenvalue weighted by molar-refractivity contribution is 0.204. The van der Waals surface area contributed by atoms with Crippen molar-refractivity contribution in [3.63, 3.8) is 0 Å². The van der Waals surface area contributed by atoms with E-state index in [2.05, 4.69) is 20.5 Å². The van der Waals surface area contributed by atoms with Crippen molar-refractivity contribution in [1.82, 2.24) is 19.9 Å². The average molecular weight is 276 g/mol. The molecular formula is C13H20N6O. The fourth-order valence-electron chi connectivity index (χ4n) is 1.84. The van der Waals surface area contributed by atoms with Crippen LogP contribution in [0.1, 0.15) is 12.2 Å². The van der Waals surface area contributed by atoms with Crippen LogP contribution >= 0.6 is 0 Å². The maximum absolute atomic E-state index is 5.71. The van der Waals surface area contributed by atoms with Crippen LogP contribution in [0.25, 0.3) is 5.65 Å². The minimum atomic E-state index is 0.452. The molecule has 0 aliphatic carbocycles. The molecule has 0 atom stereocenters. The Balaban J connectivity index is 1.77. The number of aryl methyl sites for hydroxylation is 1. The summed E-state index contributed by atoms with van der Waals surface area (Å²) in [6.45, 7) is 1.94. The molecule has 0 fully saturated rings. The van der Waals surface area contributed by atoms with E-state index in [-0.39, 0.29) is 0 Å². The number of nitrogens with two attached hydrogens (primary N) is 1. The Morgan fingerprint density at radius 3 is 3.20 bits per heavy atom. The molecule has 0 spiro atoms. The maximum Gasteiger partial charge on any atom is 0.188 e. The molecule has 2 rings (SSSR count). The van der Waals surface area contributed by atoms with E-state index in [0.717, 1.165) is 24.3 Å². The van der Waals surface area contributed by atoms with Gasteiger partial charge in [0.2, 0.25) is 0 Å². The Hall–Kier alpha value is -2.15. The second-order valence-electron chi connectivity index (χ2n) is 4.34. The minimum absolute atomic E-state index is 0.452. The smallest absolute Gasteiger partial charge is 0.188 e. The van der Waals surface area contributed by atoms with Crippen LogP contribution in [0.3, 0.4) is 0 Å². The first-order chi connectivity index (χ1) is 9.81. The summed E-state index contributed by atoms with van der Waals surface area (Å²) in [4.78, 5) is 4.25. The summed E-state index contributed by atoms with van der Waals surface area (Å²) in [6, 6.07) is 5.85. The highest BCUT2D eigenvalue weighted by atomic mass is 16.5. The third-order valence-electron chi connectivity index (χ3n) is 2.84. The van der Waals surface area contributed by atoms with Crippen LogP contribution in [0.5, 0.6) is 0 Å². The summed E-state index contributed by atoms with van der Waals surface area (Å²) in [5.74, 6) is 1.40. The fourth-order valence-corrected chi connectivity index (χ4v) is 1.84. The number of rotatable bonds is 7. The Bertz CT molecular complexity index is 565. The molecule has 0 aliphatic rings. The van der Waals surface area contributed by atoms with Crippen LogP contribution in [0.2, 0.25) is 0 Å². The third kappa shape index (κ3) is 3.92. The molecule has 3 N–H and O–H groups in total. The van der Waals surface area contributed by atoms with Gasteiger partial charge in [-0.05, 0) is 18.6 Å². The summed E-state index contributed by atoms with van der Waals surface area (Å²) in [6.07, 6.45) is 3.66. The molecule has 0 radical (unpaired) electrons. The first-order valence-electron chi connectivity index (χ1n) is 6.62.